The van der Waals surface area contributed by atoms with Gasteiger partial charge in [-0.15, -0.1) is 0 Å². The third kappa shape index (κ3) is 2.31. The Morgan fingerprint density at radius 3 is 2.78 bits per heavy atom. The lowest BCUT2D eigenvalue weighted by Gasteiger charge is -2.13. The molecule has 2 N–H and O–H groups in total. The van der Waals surface area contributed by atoms with E-state index in [0.29, 0.717) is 24.6 Å². The highest BCUT2D eigenvalue weighted by Gasteiger charge is 2.12. The molecule has 0 unspecified atom stereocenters. The number of pyridine rings is 1. The van der Waals surface area contributed by atoms with Crippen molar-refractivity contribution in [2.45, 2.75) is 13.1 Å². The van der Waals surface area contributed by atoms with Gasteiger partial charge in [0.2, 0.25) is 0 Å². The summed E-state index contributed by atoms with van der Waals surface area (Å²) in [6.07, 6.45) is 3.69. The van der Waals surface area contributed by atoms with Crippen LogP contribution in [0.1, 0.15) is 11.4 Å². The first-order valence-corrected chi connectivity index (χ1v) is 5.70. The number of aromatic nitrogens is 2. The number of rotatable bonds is 5. The molecular formula is C13H17N3O2. The Bertz CT molecular complexity index is 523. The van der Waals surface area contributed by atoms with Crippen LogP contribution in [0.2, 0.25) is 0 Å². The largest absolute Gasteiger partial charge is 0.493 e. The first kappa shape index (κ1) is 12.4. The van der Waals surface area contributed by atoms with E-state index in [0.717, 1.165) is 11.4 Å². The molecule has 2 rings (SSSR count). The second kappa shape index (κ2) is 5.55. The lowest BCUT2D eigenvalue weighted by Crippen LogP contribution is -2.09. The van der Waals surface area contributed by atoms with Crippen molar-refractivity contribution in [1.29, 1.82) is 0 Å². The maximum atomic E-state index is 5.68. The minimum Gasteiger partial charge on any atom is -0.493 e. The molecule has 0 atom stereocenters. The van der Waals surface area contributed by atoms with E-state index in [1.165, 1.54) is 0 Å². The van der Waals surface area contributed by atoms with Crippen LogP contribution < -0.4 is 15.2 Å². The van der Waals surface area contributed by atoms with Crippen molar-refractivity contribution < 1.29 is 9.47 Å². The third-order valence-electron chi connectivity index (χ3n) is 2.82. The number of nitrogens with zero attached hydrogens (tertiary/aromatic N) is 2. The SMILES string of the molecule is COc1ccnc(Cn2cccc2CN)c1OC. The summed E-state index contributed by atoms with van der Waals surface area (Å²) < 4.78 is 12.7. The minimum atomic E-state index is 0.499. The monoisotopic (exact) mass is 247 g/mol. The Morgan fingerprint density at radius 1 is 1.28 bits per heavy atom. The molecule has 0 saturated carbocycles. The van der Waals surface area contributed by atoms with Gasteiger partial charge < -0.3 is 19.8 Å². The van der Waals surface area contributed by atoms with Crippen molar-refractivity contribution in [3.05, 3.63) is 42.0 Å². The van der Waals surface area contributed by atoms with Crippen molar-refractivity contribution in [3.63, 3.8) is 0 Å². The van der Waals surface area contributed by atoms with Gasteiger partial charge in [-0.25, -0.2) is 0 Å². The highest BCUT2D eigenvalue weighted by molar-refractivity contribution is 5.42. The Morgan fingerprint density at radius 2 is 2.11 bits per heavy atom. The topological polar surface area (TPSA) is 62.3 Å². The molecule has 0 aliphatic heterocycles. The predicted molar refractivity (Wildman–Crippen MR) is 68.8 cm³/mol. The molecule has 0 aliphatic carbocycles. The summed E-state index contributed by atoms with van der Waals surface area (Å²) in [6.45, 7) is 1.11. The average molecular weight is 247 g/mol. The highest BCUT2D eigenvalue weighted by atomic mass is 16.5. The standard InChI is InChI=1S/C13H17N3O2/c1-17-12-5-6-15-11(13(12)18-2)9-16-7-3-4-10(16)8-14/h3-7H,8-9,14H2,1-2H3. The molecule has 5 nitrogen and oxygen atoms in total. The van der Waals surface area contributed by atoms with Crippen LogP contribution in [0.5, 0.6) is 11.5 Å². The predicted octanol–water partition coefficient (Wildman–Crippen LogP) is 1.41. The van der Waals surface area contributed by atoms with Gasteiger partial charge in [-0.1, -0.05) is 0 Å². The number of ether oxygens (including phenoxy) is 2. The lowest BCUT2D eigenvalue weighted by molar-refractivity contribution is 0.348. The zero-order valence-electron chi connectivity index (χ0n) is 10.6. The van der Waals surface area contributed by atoms with E-state index in [4.69, 9.17) is 15.2 Å². The first-order chi connectivity index (χ1) is 8.80. The molecule has 0 spiro atoms. The van der Waals surface area contributed by atoms with E-state index >= 15 is 0 Å². The summed E-state index contributed by atoms with van der Waals surface area (Å²) in [5.74, 6) is 1.35. The summed E-state index contributed by atoms with van der Waals surface area (Å²) in [5.41, 5.74) is 7.56. The summed E-state index contributed by atoms with van der Waals surface area (Å²) in [5, 5.41) is 0. The average Bonchev–Trinajstić information content (AvgIpc) is 2.85. The molecule has 2 aromatic heterocycles. The maximum absolute atomic E-state index is 5.68. The Kier molecular flexibility index (Phi) is 3.84. The molecule has 5 heteroatoms. The molecule has 2 heterocycles. The Hall–Kier alpha value is -2.01. The fourth-order valence-corrected chi connectivity index (χ4v) is 1.91. The van der Waals surface area contributed by atoms with Crippen LogP contribution >= 0.6 is 0 Å². The van der Waals surface area contributed by atoms with Gasteiger partial charge in [-0.3, -0.25) is 4.98 Å². The molecule has 2 aromatic rings. The lowest BCUT2D eigenvalue weighted by atomic mass is 10.3. The molecule has 18 heavy (non-hydrogen) atoms. The minimum absolute atomic E-state index is 0.499. The van der Waals surface area contributed by atoms with Crippen LogP contribution in [0, 0.1) is 0 Å². The van der Waals surface area contributed by atoms with Crippen molar-refractivity contribution in [2.24, 2.45) is 5.73 Å². The number of hydrogen-bond acceptors (Lipinski definition) is 4. The van der Waals surface area contributed by atoms with Crippen LogP contribution in [0.4, 0.5) is 0 Å². The quantitative estimate of drug-likeness (QED) is 0.867. The molecular weight excluding hydrogens is 230 g/mol. The molecule has 96 valence electrons. The van der Waals surface area contributed by atoms with Gasteiger partial charge in [-0.2, -0.15) is 0 Å². The molecule has 0 aliphatic rings. The van der Waals surface area contributed by atoms with Crippen molar-refractivity contribution in [2.75, 3.05) is 14.2 Å². The molecule has 0 bridgehead atoms. The fraction of sp³-hybridized carbons (Fsp3) is 0.308. The van der Waals surface area contributed by atoms with Crippen LogP contribution in [-0.4, -0.2) is 23.8 Å². The van der Waals surface area contributed by atoms with Gasteiger partial charge in [0, 0.05) is 30.7 Å². The maximum Gasteiger partial charge on any atom is 0.184 e. The van der Waals surface area contributed by atoms with E-state index in [1.807, 2.05) is 22.9 Å². The number of nitrogens with two attached hydrogens (primary N) is 1. The van der Waals surface area contributed by atoms with Crippen LogP contribution in [0.15, 0.2) is 30.6 Å². The fourth-order valence-electron chi connectivity index (χ4n) is 1.91. The van der Waals surface area contributed by atoms with Crippen LogP contribution in [0.3, 0.4) is 0 Å². The van der Waals surface area contributed by atoms with Gasteiger partial charge in [0.15, 0.2) is 11.5 Å². The van der Waals surface area contributed by atoms with Gasteiger partial charge >= 0.3 is 0 Å². The normalized spacial score (nSPS) is 10.4. The van der Waals surface area contributed by atoms with E-state index in [9.17, 15) is 0 Å². The second-order valence-electron chi connectivity index (χ2n) is 3.82. The summed E-state index contributed by atoms with van der Waals surface area (Å²) >= 11 is 0. The highest BCUT2D eigenvalue weighted by Crippen LogP contribution is 2.29. The molecule has 0 aromatic carbocycles. The van der Waals surface area contributed by atoms with Crippen molar-refractivity contribution in [1.82, 2.24) is 9.55 Å². The van der Waals surface area contributed by atoms with Crippen molar-refractivity contribution in [3.8, 4) is 11.5 Å². The summed E-state index contributed by atoms with van der Waals surface area (Å²) in [4.78, 5) is 4.34. The number of hydrogen-bond donors (Lipinski definition) is 1. The van der Waals surface area contributed by atoms with Crippen LogP contribution in [-0.2, 0) is 13.1 Å². The summed E-state index contributed by atoms with van der Waals surface area (Å²) in [7, 11) is 3.23. The molecule has 0 fully saturated rings. The Balaban J connectivity index is 2.34. The van der Waals surface area contributed by atoms with E-state index in [2.05, 4.69) is 4.98 Å². The Labute approximate surface area is 106 Å². The molecule has 0 radical (unpaired) electrons. The first-order valence-electron chi connectivity index (χ1n) is 5.70. The van der Waals surface area contributed by atoms with Gasteiger partial charge in [0.25, 0.3) is 0 Å². The van der Waals surface area contributed by atoms with Crippen molar-refractivity contribution >= 4 is 0 Å². The second-order valence-corrected chi connectivity index (χ2v) is 3.82. The van der Waals surface area contributed by atoms with Gasteiger partial charge in [0.1, 0.15) is 5.69 Å². The molecule has 0 amide bonds. The van der Waals surface area contributed by atoms with E-state index < -0.39 is 0 Å². The zero-order chi connectivity index (χ0) is 13.0. The van der Waals surface area contributed by atoms with E-state index in [-0.39, 0.29) is 0 Å². The van der Waals surface area contributed by atoms with Crippen LogP contribution in [0.25, 0.3) is 0 Å². The zero-order valence-corrected chi connectivity index (χ0v) is 10.6. The third-order valence-corrected chi connectivity index (χ3v) is 2.82. The van der Waals surface area contributed by atoms with Gasteiger partial charge in [-0.05, 0) is 12.1 Å². The number of methoxy groups -OCH3 is 2. The summed E-state index contributed by atoms with van der Waals surface area (Å²) in [6, 6.07) is 5.74. The van der Waals surface area contributed by atoms with E-state index in [1.54, 1.807) is 26.5 Å². The molecule has 0 saturated heterocycles. The van der Waals surface area contributed by atoms with Gasteiger partial charge in [0.05, 0.1) is 20.8 Å². The smallest absolute Gasteiger partial charge is 0.184 e.